The zero-order chi connectivity index (χ0) is 17.5. The standard InChI is InChI=1S/C17H21N3O4/c1-17(2)10-19(14(21)11-6-7-11)8-9-20(17)15(22)12-4-3-5-13(18-12)16(23)24/h3-5,11H,6-10H2,1-2H3,(H,23,24). The van der Waals surface area contributed by atoms with Crippen molar-refractivity contribution >= 4 is 17.8 Å². The number of carboxylic acids is 1. The lowest BCUT2D eigenvalue weighted by molar-refractivity contribution is -0.136. The summed E-state index contributed by atoms with van der Waals surface area (Å²) in [4.78, 5) is 43.5. The Bertz CT molecular complexity index is 697. The fraction of sp³-hybridized carbons (Fsp3) is 0.529. The van der Waals surface area contributed by atoms with Gasteiger partial charge in [0.2, 0.25) is 5.91 Å². The monoisotopic (exact) mass is 331 g/mol. The van der Waals surface area contributed by atoms with Crippen LogP contribution in [0.15, 0.2) is 18.2 Å². The van der Waals surface area contributed by atoms with E-state index in [9.17, 15) is 14.4 Å². The number of hydrogen-bond donors (Lipinski definition) is 1. The highest BCUT2D eigenvalue weighted by Crippen LogP contribution is 2.33. The Morgan fingerprint density at radius 1 is 1.17 bits per heavy atom. The van der Waals surface area contributed by atoms with E-state index in [1.807, 2.05) is 18.7 Å². The van der Waals surface area contributed by atoms with Crippen molar-refractivity contribution in [1.29, 1.82) is 0 Å². The lowest BCUT2D eigenvalue weighted by atomic mass is 9.97. The zero-order valence-corrected chi connectivity index (χ0v) is 13.9. The highest BCUT2D eigenvalue weighted by molar-refractivity contribution is 5.95. The van der Waals surface area contributed by atoms with Gasteiger partial charge in [-0.2, -0.15) is 0 Å². The molecule has 128 valence electrons. The number of carboxylic acid groups (broad SMARTS) is 1. The van der Waals surface area contributed by atoms with Crippen LogP contribution in [0.5, 0.6) is 0 Å². The molecule has 1 aliphatic heterocycles. The number of amides is 2. The molecule has 2 aliphatic rings. The molecule has 1 aromatic heterocycles. The maximum absolute atomic E-state index is 12.8. The average molecular weight is 331 g/mol. The minimum Gasteiger partial charge on any atom is -0.477 e. The van der Waals surface area contributed by atoms with E-state index in [-0.39, 0.29) is 29.1 Å². The summed E-state index contributed by atoms with van der Waals surface area (Å²) in [6, 6.07) is 4.40. The van der Waals surface area contributed by atoms with Crippen LogP contribution in [0.1, 0.15) is 47.7 Å². The zero-order valence-electron chi connectivity index (χ0n) is 13.9. The van der Waals surface area contributed by atoms with E-state index in [1.54, 1.807) is 4.90 Å². The van der Waals surface area contributed by atoms with E-state index in [4.69, 9.17) is 5.11 Å². The molecule has 3 rings (SSSR count). The second kappa shape index (κ2) is 5.89. The van der Waals surface area contributed by atoms with Gasteiger partial charge in [-0.05, 0) is 38.8 Å². The number of rotatable bonds is 3. The first-order valence-electron chi connectivity index (χ1n) is 8.11. The Kier molecular flexibility index (Phi) is 4.03. The SMILES string of the molecule is CC1(C)CN(C(=O)C2CC2)CCN1C(=O)c1cccc(C(=O)O)n1. The maximum Gasteiger partial charge on any atom is 0.354 e. The first-order chi connectivity index (χ1) is 11.3. The Morgan fingerprint density at radius 2 is 1.83 bits per heavy atom. The summed E-state index contributed by atoms with van der Waals surface area (Å²) in [5.74, 6) is -1.12. The van der Waals surface area contributed by atoms with Crippen molar-refractivity contribution in [3.63, 3.8) is 0 Å². The first kappa shape index (κ1) is 16.4. The summed E-state index contributed by atoms with van der Waals surface area (Å²) < 4.78 is 0. The predicted molar refractivity (Wildman–Crippen MR) is 85.6 cm³/mol. The fourth-order valence-corrected chi connectivity index (χ4v) is 3.12. The lowest BCUT2D eigenvalue weighted by Crippen LogP contribution is -2.62. The van der Waals surface area contributed by atoms with Crippen LogP contribution in [0.4, 0.5) is 0 Å². The third kappa shape index (κ3) is 3.11. The normalized spacial score (nSPS) is 19.9. The summed E-state index contributed by atoms with van der Waals surface area (Å²) in [6.45, 7) is 5.23. The van der Waals surface area contributed by atoms with Crippen LogP contribution in [0.2, 0.25) is 0 Å². The van der Waals surface area contributed by atoms with E-state index in [1.165, 1.54) is 18.2 Å². The van der Waals surface area contributed by atoms with E-state index >= 15 is 0 Å². The van der Waals surface area contributed by atoms with Gasteiger partial charge in [-0.3, -0.25) is 9.59 Å². The third-order valence-corrected chi connectivity index (χ3v) is 4.57. The molecule has 0 unspecified atom stereocenters. The summed E-state index contributed by atoms with van der Waals surface area (Å²) in [6.07, 6.45) is 1.93. The number of hydrogen-bond acceptors (Lipinski definition) is 4. The molecule has 24 heavy (non-hydrogen) atoms. The van der Waals surface area contributed by atoms with Crippen molar-refractivity contribution in [2.75, 3.05) is 19.6 Å². The number of aromatic carboxylic acids is 1. The van der Waals surface area contributed by atoms with Gasteiger partial charge in [0.15, 0.2) is 0 Å². The molecule has 7 heteroatoms. The Balaban J connectivity index is 1.77. The van der Waals surface area contributed by atoms with Crippen molar-refractivity contribution in [1.82, 2.24) is 14.8 Å². The third-order valence-electron chi connectivity index (χ3n) is 4.57. The molecule has 1 saturated heterocycles. The number of piperazine rings is 1. The molecule has 2 heterocycles. The van der Waals surface area contributed by atoms with Gasteiger partial charge >= 0.3 is 5.97 Å². The summed E-state index contributed by atoms with van der Waals surface area (Å²) in [7, 11) is 0. The molecule has 2 fully saturated rings. The van der Waals surface area contributed by atoms with Crippen LogP contribution in [0, 0.1) is 5.92 Å². The molecule has 0 atom stereocenters. The number of carbonyl (C=O) groups is 3. The topological polar surface area (TPSA) is 90.8 Å². The summed E-state index contributed by atoms with van der Waals surface area (Å²) in [5.41, 5.74) is -0.563. The molecule has 0 spiro atoms. The Labute approximate surface area is 140 Å². The summed E-state index contributed by atoms with van der Waals surface area (Å²) >= 11 is 0. The van der Waals surface area contributed by atoms with Crippen molar-refractivity contribution in [3.05, 3.63) is 29.6 Å². The van der Waals surface area contributed by atoms with Gasteiger partial charge in [0.05, 0.1) is 5.54 Å². The van der Waals surface area contributed by atoms with Gasteiger partial charge in [-0.25, -0.2) is 9.78 Å². The lowest BCUT2D eigenvalue weighted by Gasteiger charge is -2.47. The van der Waals surface area contributed by atoms with Crippen molar-refractivity contribution in [3.8, 4) is 0 Å². The maximum atomic E-state index is 12.8. The van der Waals surface area contributed by atoms with E-state index in [2.05, 4.69) is 4.98 Å². The number of aromatic nitrogens is 1. The molecular formula is C17H21N3O4. The number of carbonyl (C=O) groups excluding carboxylic acids is 2. The Hall–Kier alpha value is -2.44. The first-order valence-corrected chi connectivity index (χ1v) is 8.11. The van der Waals surface area contributed by atoms with Crippen molar-refractivity contribution in [2.45, 2.75) is 32.2 Å². The average Bonchev–Trinajstić information content (AvgIpc) is 3.37. The molecular weight excluding hydrogens is 310 g/mol. The molecule has 1 saturated carbocycles. The number of pyridine rings is 1. The molecule has 1 aliphatic carbocycles. The molecule has 7 nitrogen and oxygen atoms in total. The fourth-order valence-electron chi connectivity index (χ4n) is 3.12. The highest BCUT2D eigenvalue weighted by Gasteiger charge is 2.42. The van der Waals surface area contributed by atoms with Gasteiger partial charge in [-0.15, -0.1) is 0 Å². The second-order valence-electron chi connectivity index (χ2n) is 7.02. The smallest absolute Gasteiger partial charge is 0.354 e. The molecule has 1 N–H and O–H groups in total. The molecule has 0 aromatic carbocycles. The van der Waals surface area contributed by atoms with Crippen LogP contribution in [0.3, 0.4) is 0 Å². The van der Waals surface area contributed by atoms with Crippen molar-refractivity contribution in [2.24, 2.45) is 5.92 Å². The molecule has 1 aromatic rings. The Morgan fingerprint density at radius 3 is 2.42 bits per heavy atom. The minimum atomic E-state index is -1.16. The van der Waals surface area contributed by atoms with E-state index in [0.29, 0.717) is 19.6 Å². The minimum absolute atomic E-state index is 0.116. The molecule has 0 bridgehead atoms. The van der Waals surface area contributed by atoms with Crippen LogP contribution in [-0.4, -0.2) is 62.8 Å². The van der Waals surface area contributed by atoms with Gasteiger partial charge < -0.3 is 14.9 Å². The van der Waals surface area contributed by atoms with E-state index < -0.39 is 11.5 Å². The largest absolute Gasteiger partial charge is 0.477 e. The summed E-state index contributed by atoms with van der Waals surface area (Å²) in [5, 5.41) is 9.03. The van der Waals surface area contributed by atoms with Gasteiger partial charge in [0.25, 0.3) is 5.91 Å². The van der Waals surface area contributed by atoms with Gasteiger partial charge in [-0.1, -0.05) is 6.07 Å². The molecule has 0 radical (unpaired) electrons. The second-order valence-corrected chi connectivity index (χ2v) is 7.02. The predicted octanol–water partition coefficient (Wildman–Crippen LogP) is 1.25. The van der Waals surface area contributed by atoms with Crippen molar-refractivity contribution < 1.29 is 19.5 Å². The quantitative estimate of drug-likeness (QED) is 0.900. The molecule has 2 amide bonds. The van der Waals surface area contributed by atoms with Crippen LogP contribution in [-0.2, 0) is 4.79 Å². The van der Waals surface area contributed by atoms with Crippen LogP contribution in [0.25, 0.3) is 0 Å². The van der Waals surface area contributed by atoms with Gasteiger partial charge in [0, 0.05) is 25.6 Å². The number of nitrogens with zero attached hydrogens (tertiary/aromatic N) is 3. The van der Waals surface area contributed by atoms with E-state index in [0.717, 1.165) is 12.8 Å². The van der Waals surface area contributed by atoms with Crippen LogP contribution >= 0.6 is 0 Å². The van der Waals surface area contributed by atoms with Crippen LogP contribution < -0.4 is 0 Å². The highest BCUT2D eigenvalue weighted by atomic mass is 16.4. The van der Waals surface area contributed by atoms with Gasteiger partial charge in [0.1, 0.15) is 11.4 Å².